The van der Waals surface area contributed by atoms with Crippen molar-refractivity contribution in [1.29, 1.82) is 0 Å². The standard InChI is InChI=1S/C15H24N2O2S/c1-3-7-15(8-9-15)12-17-20(18,19)14-6-4-5-13(10-14)11-16-2/h4-6,10,16-17H,3,7-9,11-12H2,1-2H3. The van der Waals surface area contributed by atoms with Crippen LogP contribution < -0.4 is 10.0 Å². The second-order valence-electron chi connectivity index (χ2n) is 5.75. The molecule has 0 amide bonds. The van der Waals surface area contributed by atoms with Crippen LogP contribution in [-0.2, 0) is 16.6 Å². The van der Waals surface area contributed by atoms with E-state index in [2.05, 4.69) is 17.0 Å². The molecule has 1 aliphatic carbocycles. The zero-order chi connectivity index (χ0) is 14.6. The van der Waals surface area contributed by atoms with E-state index in [-0.39, 0.29) is 5.41 Å². The normalized spacial score (nSPS) is 17.1. The minimum absolute atomic E-state index is 0.227. The van der Waals surface area contributed by atoms with E-state index in [1.54, 1.807) is 18.2 Å². The lowest BCUT2D eigenvalue weighted by Crippen LogP contribution is -2.30. The van der Waals surface area contributed by atoms with Crippen molar-refractivity contribution in [3.63, 3.8) is 0 Å². The molecule has 20 heavy (non-hydrogen) atoms. The fourth-order valence-corrected chi connectivity index (χ4v) is 3.81. The number of hydrogen-bond acceptors (Lipinski definition) is 3. The second kappa shape index (κ2) is 6.24. The maximum absolute atomic E-state index is 12.3. The Morgan fingerprint density at radius 1 is 1.30 bits per heavy atom. The highest BCUT2D eigenvalue weighted by atomic mass is 32.2. The predicted molar refractivity (Wildman–Crippen MR) is 81.0 cm³/mol. The second-order valence-corrected chi connectivity index (χ2v) is 7.52. The van der Waals surface area contributed by atoms with Gasteiger partial charge in [-0.15, -0.1) is 0 Å². The summed E-state index contributed by atoms with van der Waals surface area (Å²) < 4.78 is 27.5. The van der Waals surface area contributed by atoms with Crippen LogP contribution in [0, 0.1) is 5.41 Å². The number of hydrogen-bond donors (Lipinski definition) is 2. The molecule has 1 saturated carbocycles. The summed E-state index contributed by atoms with van der Waals surface area (Å²) >= 11 is 0. The monoisotopic (exact) mass is 296 g/mol. The van der Waals surface area contributed by atoms with Gasteiger partial charge in [0.25, 0.3) is 0 Å². The summed E-state index contributed by atoms with van der Waals surface area (Å²) in [5.41, 5.74) is 1.20. The Morgan fingerprint density at radius 3 is 2.65 bits per heavy atom. The topological polar surface area (TPSA) is 58.2 Å². The van der Waals surface area contributed by atoms with Crippen LogP contribution in [0.15, 0.2) is 29.2 Å². The van der Waals surface area contributed by atoms with Crippen LogP contribution in [-0.4, -0.2) is 22.0 Å². The van der Waals surface area contributed by atoms with E-state index in [0.29, 0.717) is 18.0 Å². The molecule has 0 atom stereocenters. The van der Waals surface area contributed by atoms with E-state index in [9.17, 15) is 8.42 Å². The van der Waals surface area contributed by atoms with E-state index in [1.165, 1.54) is 0 Å². The molecule has 4 nitrogen and oxygen atoms in total. The van der Waals surface area contributed by atoms with Crippen molar-refractivity contribution in [3.8, 4) is 0 Å². The van der Waals surface area contributed by atoms with Crippen LogP contribution in [0.25, 0.3) is 0 Å². The summed E-state index contributed by atoms with van der Waals surface area (Å²) in [5, 5.41) is 3.03. The van der Waals surface area contributed by atoms with Crippen LogP contribution >= 0.6 is 0 Å². The fraction of sp³-hybridized carbons (Fsp3) is 0.600. The summed E-state index contributed by atoms with van der Waals surface area (Å²) in [4.78, 5) is 0.359. The molecule has 2 N–H and O–H groups in total. The summed E-state index contributed by atoms with van der Waals surface area (Å²) in [6.45, 7) is 3.39. The summed E-state index contributed by atoms with van der Waals surface area (Å²) in [6, 6.07) is 7.11. The molecule has 0 aliphatic heterocycles. The Kier molecular flexibility index (Phi) is 4.83. The van der Waals surface area contributed by atoms with Gasteiger partial charge >= 0.3 is 0 Å². The number of rotatable bonds is 8. The average Bonchev–Trinajstić information content (AvgIpc) is 3.18. The molecular weight excluding hydrogens is 272 g/mol. The Morgan fingerprint density at radius 2 is 2.05 bits per heavy atom. The lowest BCUT2D eigenvalue weighted by Gasteiger charge is -2.15. The number of benzene rings is 1. The zero-order valence-corrected chi connectivity index (χ0v) is 13.1. The highest BCUT2D eigenvalue weighted by molar-refractivity contribution is 7.89. The first kappa shape index (κ1) is 15.5. The van der Waals surface area contributed by atoms with Crippen molar-refractivity contribution < 1.29 is 8.42 Å². The van der Waals surface area contributed by atoms with Gasteiger partial charge in [-0.3, -0.25) is 0 Å². The van der Waals surface area contributed by atoms with Crippen molar-refractivity contribution in [2.24, 2.45) is 5.41 Å². The van der Waals surface area contributed by atoms with Crippen molar-refractivity contribution >= 4 is 10.0 Å². The van der Waals surface area contributed by atoms with Gasteiger partial charge in [0.15, 0.2) is 0 Å². The lowest BCUT2D eigenvalue weighted by molar-refractivity contribution is 0.449. The van der Waals surface area contributed by atoms with Gasteiger partial charge in [0.2, 0.25) is 10.0 Å². The first-order valence-corrected chi connectivity index (χ1v) is 8.73. The van der Waals surface area contributed by atoms with Gasteiger partial charge < -0.3 is 5.32 Å². The molecule has 112 valence electrons. The van der Waals surface area contributed by atoms with Gasteiger partial charge in [-0.1, -0.05) is 25.5 Å². The summed E-state index contributed by atoms with van der Waals surface area (Å²) in [5.74, 6) is 0. The molecule has 0 saturated heterocycles. The zero-order valence-electron chi connectivity index (χ0n) is 12.3. The van der Waals surface area contributed by atoms with Crippen molar-refractivity contribution in [1.82, 2.24) is 10.0 Å². The quantitative estimate of drug-likeness (QED) is 0.773. The number of sulfonamides is 1. The molecule has 0 unspecified atom stereocenters. The molecule has 5 heteroatoms. The summed E-state index contributed by atoms with van der Waals surface area (Å²) in [6.07, 6.45) is 4.50. The van der Waals surface area contributed by atoms with Crippen LogP contribution in [0.3, 0.4) is 0 Å². The molecule has 1 aliphatic rings. The van der Waals surface area contributed by atoms with Crippen LogP contribution in [0.2, 0.25) is 0 Å². The van der Waals surface area contributed by atoms with Crippen molar-refractivity contribution in [2.75, 3.05) is 13.6 Å². The molecular formula is C15H24N2O2S. The molecule has 1 fully saturated rings. The van der Waals surface area contributed by atoms with E-state index >= 15 is 0 Å². The minimum Gasteiger partial charge on any atom is -0.316 e. The molecule has 0 spiro atoms. The Balaban J connectivity index is 2.04. The largest absolute Gasteiger partial charge is 0.316 e. The third-order valence-corrected chi connectivity index (χ3v) is 5.36. The van der Waals surface area contributed by atoms with Crippen LogP contribution in [0.4, 0.5) is 0 Å². The molecule has 1 aromatic carbocycles. The molecule has 1 aromatic rings. The Labute approximate surface area is 122 Å². The molecule has 0 bridgehead atoms. The highest BCUT2D eigenvalue weighted by Crippen LogP contribution is 2.49. The predicted octanol–water partition coefficient (Wildman–Crippen LogP) is 2.26. The molecule has 0 radical (unpaired) electrons. The molecule has 0 heterocycles. The number of nitrogens with one attached hydrogen (secondary N) is 2. The smallest absolute Gasteiger partial charge is 0.240 e. The van der Waals surface area contributed by atoms with Gasteiger partial charge in [-0.25, -0.2) is 13.1 Å². The third kappa shape index (κ3) is 3.81. The summed E-state index contributed by atoms with van der Waals surface area (Å²) in [7, 11) is -1.54. The lowest BCUT2D eigenvalue weighted by atomic mass is 10.0. The van der Waals surface area contributed by atoms with Crippen molar-refractivity contribution in [3.05, 3.63) is 29.8 Å². The van der Waals surface area contributed by atoms with E-state index in [1.807, 2.05) is 13.1 Å². The van der Waals surface area contributed by atoms with Gasteiger partial charge in [0, 0.05) is 13.1 Å². The SMILES string of the molecule is CCCC1(CNS(=O)(=O)c2cccc(CNC)c2)CC1. The third-order valence-electron chi connectivity index (χ3n) is 3.96. The van der Waals surface area contributed by atoms with Gasteiger partial charge in [-0.2, -0.15) is 0 Å². The minimum atomic E-state index is -3.39. The molecule has 2 rings (SSSR count). The average molecular weight is 296 g/mol. The first-order valence-electron chi connectivity index (χ1n) is 7.24. The van der Waals surface area contributed by atoms with Gasteiger partial charge in [-0.05, 0) is 49.4 Å². The van der Waals surface area contributed by atoms with Gasteiger partial charge in [0.05, 0.1) is 4.90 Å². The van der Waals surface area contributed by atoms with Crippen LogP contribution in [0.5, 0.6) is 0 Å². The Bertz CT molecular complexity index is 551. The van der Waals surface area contributed by atoms with E-state index in [4.69, 9.17) is 0 Å². The van der Waals surface area contributed by atoms with E-state index < -0.39 is 10.0 Å². The highest BCUT2D eigenvalue weighted by Gasteiger charge is 2.42. The maximum Gasteiger partial charge on any atom is 0.240 e. The van der Waals surface area contributed by atoms with E-state index in [0.717, 1.165) is 31.2 Å². The Hall–Kier alpha value is -0.910. The van der Waals surface area contributed by atoms with Crippen molar-refractivity contribution in [2.45, 2.75) is 44.0 Å². The van der Waals surface area contributed by atoms with Gasteiger partial charge in [0.1, 0.15) is 0 Å². The molecule has 0 aromatic heterocycles. The fourth-order valence-electron chi connectivity index (χ4n) is 2.58. The maximum atomic E-state index is 12.3. The first-order chi connectivity index (χ1) is 9.51. The van der Waals surface area contributed by atoms with Crippen LogP contribution in [0.1, 0.15) is 38.2 Å².